The second-order valence-corrected chi connectivity index (χ2v) is 2.50. The number of nitrogens with one attached hydrogen (secondary N) is 1. The number of carbonyl (C=O) groups is 1. The molecule has 0 saturated carbocycles. The number of hydrogen-bond acceptors (Lipinski definition) is 3. The van der Waals surface area contributed by atoms with Crippen molar-refractivity contribution in [3.05, 3.63) is 0 Å². The van der Waals surface area contributed by atoms with E-state index in [4.69, 9.17) is 11.5 Å². The number of amides is 1. The van der Waals surface area contributed by atoms with Gasteiger partial charge in [-0.25, -0.2) is 0 Å². The molecule has 0 heterocycles. The fourth-order valence-corrected chi connectivity index (χ4v) is 0.793. The molecular weight excluding hydrogens is 142 g/mol. The van der Waals surface area contributed by atoms with Gasteiger partial charge in [-0.15, -0.1) is 0 Å². The van der Waals surface area contributed by atoms with Gasteiger partial charge in [-0.3, -0.25) is 4.79 Å². The fourth-order valence-electron chi connectivity index (χ4n) is 0.793. The SMILES string of the molecule is CCCC(N)NC(=O)CCN. The van der Waals surface area contributed by atoms with Crippen molar-refractivity contribution in [2.24, 2.45) is 11.5 Å². The summed E-state index contributed by atoms with van der Waals surface area (Å²) in [6.07, 6.45) is 1.94. The molecule has 0 saturated heterocycles. The number of hydrogen-bond donors (Lipinski definition) is 3. The predicted molar refractivity (Wildman–Crippen MR) is 44.7 cm³/mol. The van der Waals surface area contributed by atoms with E-state index in [2.05, 4.69) is 5.32 Å². The zero-order valence-electron chi connectivity index (χ0n) is 6.97. The quantitative estimate of drug-likeness (QED) is 0.475. The third-order valence-electron chi connectivity index (χ3n) is 1.32. The first-order chi connectivity index (χ1) is 5.20. The average molecular weight is 159 g/mol. The van der Waals surface area contributed by atoms with Gasteiger partial charge in [0.1, 0.15) is 0 Å². The lowest BCUT2D eigenvalue weighted by Gasteiger charge is -2.11. The minimum atomic E-state index is -0.209. The molecule has 1 unspecified atom stereocenters. The van der Waals surface area contributed by atoms with Crippen LogP contribution in [0.2, 0.25) is 0 Å². The van der Waals surface area contributed by atoms with Crippen molar-refractivity contribution in [1.82, 2.24) is 5.32 Å². The Kier molecular flexibility index (Phi) is 5.78. The Hall–Kier alpha value is -0.610. The molecule has 0 aliphatic heterocycles. The highest BCUT2D eigenvalue weighted by Crippen LogP contribution is 1.89. The molecule has 1 amide bonds. The van der Waals surface area contributed by atoms with E-state index in [1.165, 1.54) is 0 Å². The van der Waals surface area contributed by atoms with Crippen molar-refractivity contribution in [3.8, 4) is 0 Å². The Bertz CT molecular complexity index is 116. The highest BCUT2D eigenvalue weighted by Gasteiger charge is 2.04. The first-order valence-corrected chi connectivity index (χ1v) is 3.95. The summed E-state index contributed by atoms with van der Waals surface area (Å²) >= 11 is 0. The van der Waals surface area contributed by atoms with Gasteiger partial charge in [-0.2, -0.15) is 0 Å². The number of nitrogens with two attached hydrogens (primary N) is 2. The summed E-state index contributed by atoms with van der Waals surface area (Å²) < 4.78 is 0. The Labute approximate surface area is 67.3 Å². The third kappa shape index (κ3) is 5.82. The molecule has 0 spiro atoms. The maximum atomic E-state index is 10.9. The summed E-state index contributed by atoms with van der Waals surface area (Å²) in [7, 11) is 0. The fraction of sp³-hybridized carbons (Fsp3) is 0.857. The monoisotopic (exact) mass is 159 g/mol. The molecule has 11 heavy (non-hydrogen) atoms. The van der Waals surface area contributed by atoms with E-state index in [0.717, 1.165) is 12.8 Å². The van der Waals surface area contributed by atoms with Gasteiger partial charge in [0, 0.05) is 13.0 Å². The molecule has 0 aliphatic carbocycles. The van der Waals surface area contributed by atoms with Crippen LogP contribution < -0.4 is 16.8 Å². The van der Waals surface area contributed by atoms with E-state index in [1.807, 2.05) is 6.92 Å². The van der Waals surface area contributed by atoms with Crippen molar-refractivity contribution in [2.75, 3.05) is 6.54 Å². The Morgan fingerprint density at radius 3 is 2.73 bits per heavy atom. The summed E-state index contributed by atoms with van der Waals surface area (Å²) in [4.78, 5) is 10.9. The zero-order valence-corrected chi connectivity index (χ0v) is 6.97. The maximum absolute atomic E-state index is 10.9. The van der Waals surface area contributed by atoms with E-state index >= 15 is 0 Å². The topological polar surface area (TPSA) is 81.1 Å². The molecule has 66 valence electrons. The minimum absolute atomic E-state index is 0.0616. The van der Waals surface area contributed by atoms with Gasteiger partial charge in [0.15, 0.2) is 0 Å². The third-order valence-corrected chi connectivity index (χ3v) is 1.32. The smallest absolute Gasteiger partial charge is 0.222 e. The minimum Gasteiger partial charge on any atom is -0.341 e. The maximum Gasteiger partial charge on any atom is 0.222 e. The summed E-state index contributed by atoms with van der Waals surface area (Å²) in [5.41, 5.74) is 10.7. The average Bonchev–Trinajstić information content (AvgIpc) is 1.87. The molecule has 0 aromatic carbocycles. The molecule has 0 rings (SSSR count). The van der Waals surface area contributed by atoms with E-state index < -0.39 is 0 Å². The van der Waals surface area contributed by atoms with Crippen LogP contribution in [0.15, 0.2) is 0 Å². The lowest BCUT2D eigenvalue weighted by Crippen LogP contribution is -2.41. The Balaban J connectivity index is 3.40. The van der Waals surface area contributed by atoms with Crippen molar-refractivity contribution in [1.29, 1.82) is 0 Å². The predicted octanol–water partition coefficient (Wildman–Crippen LogP) is -0.464. The van der Waals surface area contributed by atoms with Crippen LogP contribution in [0.25, 0.3) is 0 Å². The molecular formula is C7H17N3O. The van der Waals surface area contributed by atoms with Crippen LogP contribution in [0.5, 0.6) is 0 Å². The molecule has 0 fully saturated rings. The molecule has 4 nitrogen and oxygen atoms in total. The van der Waals surface area contributed by atoms with E-state index in [1.54, 1.807) is 0 Å². The summed E-state index contributed by atoms with van der Waals surface area (Å²) in [5, 5.41) is 2.64. The highest BCUT2D eigenvalue weighted by atomic mass is 16.1. The van der Waals surface area contributed by atoms with Crippen molar-refractivity contribution in [2.45, 2.75) is 32.4 Å². The van der Waals surface area contributed by atoms with E-state index in [0.29, 0.717) is 13.0 Å². The van der Waals surface area contributed by atoms with Crippen LogP contribution in [0.4, 0.5) is 0 Å². The van der Waals surface area contributed by atoms with Crippen LogP contribution in [-0.2, 0) is 4.79 Å². The summed E-state index contributed by atoms with van der Waals surface area (Å²) in [6.45, 7) is 2.40. The van der Waals surface area contributed by atoms with Gasteiger partial charge in [0.2, 0.25) is 5.91 Å². The van der Waals surface area contributed by atoms with Crippen molar-refractivity contribution < 1.29 is 4.79 Å². The molecule has 1 atom stereocenters. The first-order valence-electron chi connectivity index (χ1n) is 3.95. The van der Waals surface area contributed by atoms with Crippen molar-refractivity contribution >= 4 is 5.91 Å². The first kappa shape index (κ1) is 10.4. The van der Waals surface area contributed by atoms with Crippen molar-refractivity contribution in [3.63, 3.8) is 0 Å². The standard InChI is InChI=1S/C7H17N3O/c1-2-3-6(9)10-7(11)4-5-8/h6H,2-5,8-9H2,1H3,(H,10,11). The molecule has 0 aromatic heterocycles. The largest absolute Gasteiger partial charge is 0.341 e. The van der Waals surface area contributed by atoms with Gasteiger partial charge in [0.05, 0.1) is 6.17 Å². The molecule has 4 heteroatoms. The lowest BCUT2D eigenvalue weighted by molar-refractivity contribution is -0.121. The van der Waals surface area contributed by atoms with Gasteiger partial charge >= 0.3 is 0 Å². The van der Waals surface area contributed by atoms with Gasteiger partial charge in [-0.1, -0.05) is 13.3 Å². The number of rotatable bonds is 5. The van der Waals surface area contributed by atoms with Crippen LogP contribution in [0.1, 0.15) is 26.2 Å². The van der Waals surface area contributed by atoms with E-state index in [9.17, 15) is 4.79 Å². The van der Waals surface area contributed by atoms with Gasteiger partial charge in [-0.05, 0) is 6.42 Å². The molecule has 0 aromatic rings. The normalized spacial score (nSPS) is 12.6. The van der Waals surface area contributed by atoms with Crippen LogP contribution >= 0.6 is 0 Å². The number of carbonyl (C=O) groups excluding carboxylic acids is 1. The van der Waals surface area contributed by atoms with Crippen LogP contribution in [-0.4, -0.2) is 18.6 Å². The van der Waals surface area contributed by atoms with Crippen LogP contribution in [0, 0.1) is 0 Å². The van der Waals surface area contributed by atoms with Gasteiger partial charge in [0.25, 0.3) is 0 Å². The lowest BCUT2D eigenvalue weighted by atomic mass is 10.3. The van der Waals surface area contributed by atoms with E-state index in [-0.39, 0.29) is 12.1 Å². The Morgan fingerprint density at radius 2 is 2.27 bits per heavy atom. The van der Waals surface area contributed by atoms with Gasteiger partial charge < -0.3 is 16.8 Å². The second-order valence-electron chi connectivity index (χ2n) is 2.50. The molecule has 5 N–H and O–H groups in total. The second kappa shape index (κ2) is 6.12. The Morgan fingerprint density at radius 1 is 1.64 bits per heavy atom. The molecule has 0 bridgehead atoms. The molecule has 0 radical (unpaired) electrons. The van der Waals surface area contributed by atoms with Crippen LogP contribution in [0.3, 0.4) is 0 Å². The summed E-state index contributed by atoms with van der Waals surface area (Å²) in [6, 6.07) is 0. The summed E-state index contributed by atoms with van der Waals surface area (Å²) in [5.74, 6) is -0.0616. The molecule has 0 aliphatic rings. The highest BCUT2D eigenvalue weighted by molar-refractivity contribution is 5.76. The zero-order chi connectivity index (χ0) is 8.69.